The van der Waals surface area contributed by atoms with Gasteiger partial charge in [-0.1, -0.05) is 12.1 Å². The predicted octanol–water partition coefficient (Wildman–Crippen LogP) is 4.02. The SMILES string of the molecule is Cc1cn(-c2ccc3n(c2=O)CCN(CCOc2ccccc2-c2csc(C(F)(F)F)n2)C3=O)cn1. The molecule has 3 aromatic heterocycles. The molecule has 0 bridgehead atoms. The van der Waals surface area contributed by atoms with Crippen molar-refractivity contribution in [2.24, 2.45) is 0 Å². The van der Waals surface area contributed by atoms with Gasteiger partial charge in [-0.25, -0.2) is 9.97 Å². The van der Waals surface area contributed by atoms with Crippen molar-refractivity contribution in [2.75, 3.05) is 19.7 Å². The van der Waals surface area contributed by atoms with Gasteiger partial charge in [0.25, 0.3) is 11.5 Å². The van der Waals surface area contributed by atoms with Gasteiger partial charge in [0.15, 0.2) is 5.01 Å². The Kier molecular flexibility index (Phi) is 6.12. The summed E-state index contributed by atoms with van der Waals surface area (Å²) >= 11 is 0.525. The zero-order valence-corrected chi connectivity index (χ0v) is 19.8. The highest BCUT2D eigenvalue weighted by molar-refractivity contribution is 7.10. The number of aryl methyl sites for hydroxylation is 1. The number of carbonyl (C=O) groups excluding carboxylic acids is 1. The van der Waals surface area contributed by atoms with E-state index in [0.717, 1.165) is 5.69 Å². The van der Waals surface area contributed by atoms with E-state index < -0.39 is 11.2 Å². The van der Waals surface area contributed by atoms with Gasteiger partial charge in [0, 0.05) is 30.2 Å². The van der Waals surface area contributed by atoms with Crippen molar-refractivity contribution in [3.8, 4) is 22.7 Å². The minimum atomic E-state index is -4.51. The summed E-state index contributed by atoms with van der Waals surface area (Å²) in [5.74, 6) is 0.0794. The van der Waals surface area contributed by atoms with Crippen LogP contribution in [0.1, 0.15) is 21.2 Å². The zero-order chi connectivity index (χ0) is 25.4. The first-order chi connectivity index (χ1) is 17.2. The number of ether oxygens (including phenoxy) is 1. The molecule has 0 spiro atoms. The molecule has 1 aliphatic heterocycles. The number of benzene rings is 1. The number of hydrogen-bond donors (Lipinski definition) is 0. The molecule has 0 atom stereocenters. The van der Waals surface area contributed by atoms with E-state index in [0.29, 0.717) is 41.4 Å². The van der Waals surface area contributed by atoms with Gasteiger partial charge in [-0.2, -0.15) is 13.2 Å². The Morgan fingerprint density at radius 3 is 2.64 bits per heavy atom. The summed E-state index contributed by atoms with van der Waals surface area (Å²) in [6, 6.07) is 9.91. The Morgan fingerprint density at radius 2 is 1.92 bits per heavy atom. The molecule has 8 nitrogen and oxygen atoms in total. The Morgan fingerprint density at radius 1 is 1.11 bits per heavy atom. The molecule has 0 fully saturated rings. The number of imidazole rings is 1. The number of halogens is 3. The highest BCUT2D eigenvalue weighted by Gasteiger charge is 2.35. The maximum absolute atomic E-state index is 13.0. The van der Waals surface area contributed by atoms with Gasteiger partial charge in [0.2, 0.25) is 0 Å². The predicted molar refractivity (Wildman–Crippen MR) is 127 cm³/mol. The van der Waals surface area contributed by atoms with Crippen LogP contribution in [0.5, 0.6) is 5.75 Å². The van der Waals surface area contributed by atoms with Gasteiger partial charge < -0.3 is 18.8 Å². The average Bonchev–Trinajstić information content (AvgIpc) is 3.51. The fourth-order valence-electron chi connectivity index (χ4n) is 4.02. The number of thiazole rings is 1. The number of amides is 1. The lowest BCUT2D eigenvalue weighted by Gasteiger charge is -2.29. The lowest BCUT2D eigenvalue weighted by molar-refractivity contribution is -0.137. The fraction of sp³-hybridized carbons (Fsp3) is 0.250. The van der Waals surface area contributed by atoms with Crippen LogP contribution in [-0.4, -0.2) is 49.6 Å². The number of aromatic nitrogens is 4. The average molecular weight is 516 g/mol. The van der Waals surface area contributed by atoms with E-state index in [2.05, 4.69) is 9.97 Å². The molecule has 0 unspecified atom stereocenters. The smallest absolute Gasteiger partial charge is 0.443 e. The number of para-hydroxylation sites is 1. The number of rotatable bonds is 6. The second-order valence-electron chi connectivity index (χ2n) is 8.16. The van der Waals surface area contributed by atoms with Gasteiger partial charge in [0.05, 0.1) is 24.3 Å². The highest BCUT2D eigenvalue weighted by Crippen LogP contribution is 2.36. The first-order valence-corrected chi connectivity index (χ1v) is 11.9. The molecule has 0 aliphatic carbocycles. The van der Waals surface area contributed by atoms with Crippen molar-refractivity contribution < 1.29 is 22.7 Å². The van der Waals surface area contributed by atoms with Gasteiger partial charge in [-0.15, -0.1) is 11.3 Å². The normalized spacial score (nSPS) is 13.7. The third kappa shape index (κ3) is 4.51. The minimum absolute atomic E-state index is 0.121. The summed E-state index contributed by atoms with van der Waals surface area (Å²) in [6.45, 7) is 2.84. The molecule has 0 saturated carbocycles. The molecule has 0 saturated heterocycles. The lowest BCUT2D eigenvalue weighted by Crippen LogP contribution is -2.46. The van der Waals surface area contributed by atoms with E-state index >= 15 is 0 Å². The minimum Gasteiger partial charge on any atom is -0.491 e. The van der Waals surface area contributed by atoms with Crippen molar-refractivity contribution >= 4 is 17.2 Å². The van der Waals surface area contributed by atoms with Gasteiger partial charge in [0.1, 0.15) is 23.7 Å². The Labute approximate surface area is 207 Å². The summed E-state index contributed by atoms with van der Waals surface area (Å²) in [5, 5.41) is 0.416. The molecule has 4 heterocycles. The molecule has 1 aliphatic rings. The second-order valence-corrected chi connectivity index (χ2v) is 9.01. The van der Waals surface area contributed by atoms with E-state index in [1.807, 2.05) is 6.92 Å². The zero-order valence-electron chi connectivity index (χ0n) is 19.0. The Balaban J connectivity index is 1.28. The molecular formula is C24H20F3N5O3S. The molecule has 1 amide bonds. The van der Waals surface area contributed by atoms with Crippen LogP contribution in [0.2, 0.25) is 0 Å². The van der Waals surface area contributed by atoms with Gasteiger partial charge in [-0.05, 0) is 31.2 Å². The first-order valence-electron chi connectivity index (χ1n) is 11.0. The van der Waals surface area contributed by atoms with Crippen LogP contribution in [0.15, 0.2) is 59.1 Å². The first kappa shape index (κ1) is 23.8. The van der Waals surface area contributed by atoms with Crippen LogP contribution in [0.3, 0.4) is 0 Å². The van der Waals surface area contributed by atoms with E-state index in [4.69, 9.17) is 4.74 Å². The summed E-state index contributed by atoms with van der Waals surface area (Å²) in [7, 11) is 0. The maximum atomic E-state index is 13.0. The molecular weight excluding hydrogens is 495 g/mol. The summed E-state index contributed by atoms with van der Waals surface area (Å²) in [5.41, 5.74) is 1.81. The summed E-state index contributed by atoms with van der Waals surface area (Å²) in [6.07, 6.45) is -1.21. The van der Waals surface area contributed by atoms with Crippen LogP contribution in [0.4, 0.5) is 13.2 Å². The molecule has 0 radical (unpaired) electrons. The van der Waals surface area contributed by atoms with Crippen molar-refractivity contribution in [2.45, 2.75) is 19.6 Å². The highest BCUT2D eigenvalue weighted by atomic mass is 32.1. The third-order valence-electron chi connectivity index (χ3n) is 5.77. The van der Waals surface area contributed by atoms with Gasteiger partial charge >= 0.3 is 6.18 Å². The number of carbonyl (C=O) groups is 1. The van der Waals surface area contributed by atoms with Crippen molar-refractivity contribution in [3.05, 3.63) is 81.1 Å². The second kappa shape index (κ2) is 9.26. The third-order valence-corrected chi connectivity index (χ3v) is 6.66. The van der Waals surface area contributed by atoms with Crippen LogP contribution >= 0.6 is 11.3 Å². The molecule has 36 heavy (non-hydrogen) atoms. The van der Waals surface area contributed by atoms with Crippen LogP contribution in [0.25, 0.3) is 16.9 Å². The number of pyridine rings is 1. The topological polar surface area (TPSA) is 82.3 Å². The number of hydrogen-bond acceptors (Lipinski definition) is 6. The van der Waals surface area contributed by atoms with Crippen molar-refractivity contribution in [1.29, 1.82) is 0 Å². The van der Waals surface area contributed by atoms with E-state index in [9.17, 15) is 22.8 Å². The number of alkyl halides is 3. The Bertz CT molecular complexity index is 1490. The molecule has 12 heteroatoms. The van der Waals surface area contributed by atoms with Crippen LogP contribution in [0, 0.1) is 6.92 Å². The molecule has 1 aromatic carbocycles. The fourth-order valence-corrected chi connectivity index (χ4v) is 4.71. The van der Waals surface area contributed by atoms with E-state index in [1.54, 1.807) is 58.4 Å². The van der Waals surface area contributed by atoms with Crippen molar-refractivity contribution in [3.63, 3.8) is 0 Å². The summed E-state index contributed by atoms with van der Waals surface area (Å²) in [4.78, 5) is 35.4. The molecule has 186 valence electrons. The van der Waals surface area contributed by atoms with Crippen molar-refractivity contribution in [1.82, 2.24) is 24.0 Å². The van der Waals surface area contributed by atoms with Gasteiger partial charge in [-0.3, -0.25) is 9.59 Å². The van der Waals surface area contributed by atoms with Crippen LogP contribution in [-0.2, 0) is 12.7 Å². The maximum Gasteiger partial charge on any atom is 0.443 e. The number of nitrogens with zero attached hydrogens (tertiary/aromatic N) is 5. The largest absolute Gasteiger partial charge is 0.491 e. The quantitative estimate of drug-likeness (QED) is 0.388. The molecule has 0 N–H and O–H groups in total. The lowest BCUT2D eigenvalue weighted by atomic mass is 10.1. The van der Waals surface area contributed by atoms with Crippen LogP contribution < -0.4 is 10.3 Å². The standard InChI is InChI=1S/C24H20F3N5O3S/c1-15-12-31(14-28-15)18-6-7-19-21(33)30(8-9-32(19)22(18)34)10-11-35-20-5-3-2-4-16(20)17-13-36-23(29-17)24(25,26)27/h2-7,12-14H,8-11H2,1H3. The number of fused-ring (bicyclic) bond motifs is 1. The molecule has 4 aromatic rings. The molecule has 5 rings (SSSR count). The van der Waals surface area contributed by atoms with E-state index in [1.165, 1.54) is 9.95 Å². The monoisotopic (exact) mass is 515 g/mol. The Hall–Kier alpha value is -3.93. The summed E-state index contributed by atoms with van der Waals surface area (Å²) < 4.78 is 47.8. The van der Waals surface area contributed by atoms with E-state index in [-0.39, 0.29) is 36.0 Å².